The highest BCUT2D eigenvalue weighted by molar-refractivity contribution is 9.10. The van der Waals surface area contributed by atoms with E-state index in [4.69, 9.17) is 11.6 Å². The van der Waals surface area contributed by atoms with Gasteiger partial charge >= 0.3 is 0 Å². The van der Waals surface area contributed by atoms with Crippen LogP contribution < -0.4 is 5.32 Å². The molecule has 0 aromatic heterocycles. The maximum Gasteiger partial charge on any atom is 0.254 e. The highest BCUT2D eigenvalue weighted by Crippen LogP contribution is 2.22. The van der Waals surface area contributed by atoms with Gasteiger partial charge in [-0.1, -0.05) is 45.7 Å². The van der Waals surface area contributed by atoms with E-state index >= 15 is 0 Å². The molecule has 25 heavy (non-hydrogen) atoms. The second kappa shape index (κ2) is 8.02. The molecule has 0 spiro atoms. The predicted molar refractivity (Wildman–Crippen MR) is 101 cm³/mol. The number of hydrogen-bond donors (Lipinski definition) is 1. The van der Waals surface area contributed by atoms with E-state index in [9.17, 15) is 9.59 Å². The summed E-state index contributed by atoms with van der Waals surface area (Å²) in [6.45, 7) is 0.983. The van der Waals surface area contributed by atoms with E-state index in [2.05, 4.69) is 21.2 Å². The number of nitrogens with zero attached hydrogens (tertiary/aromatic N) is 1. The van der Waals surface area contributed by atoms with Gasteiger partial charge in [-0.3, -0.25) is 9.59 Å². The number of rotatable bonds is 4. The Kier molecular flexibility index (Phi) is 5.76. The van der Waals surface area contributed by atoms with Crippen LogP contribution in [0.4, 0.5) is 0 Å². The maximum atomic E-state index is 12.6. The van der Waals surface area contributed by atoms with Crippen LogP contribution in [0.5, 0.6) is 0 Å². The molecular formula is C19H18BrClN2O2. The van der Waals surface area contributed by atoms with Crippen LogP contribution in [0.2, 0.25) is 5.02 Å². The summed E-state index contributed by atoms with van der Waals surface area (Å²) in [5.41, 5.74) is 1.52. The molecular weight excluding hydrogens is 404 g/mol. The van der Waals surface area contributed by atoms with Crippen molar-refractivity contribution in [1.82, 2.24) is 10.2 Å². The van der Waals surface area contributed by atoms with Gasteiger partial charge in [0.15, 0.2) is 0 Å². The zero-order chi connectivity index (χ0) is 17.8. The minimum Gasteiger partial charge on any atom is -0.350 e. The fourth-order valence-corrected chi connectivity index (χ4v) is 3.98. The molecule has 1 heterocycles. The Bertz CT molecular complexity index is 762. The Labute approximate surface area is 160 Å². The first-order valence-electron chi connectivity index (χ1n) is 8.13. The van der Waals surface area contributed by atoms with Gasteiger partial charge in [0.2, 0.25) is 5.91 Å². The molecule has 1 saturated heterocycles. The maximum absolute atomic E-state index is 12.6. The molecule has 3 rings (SSSR count). The fourth-order valence-electron chi connectivity index (χ4n) is 3.05. The topological polar surface area (TPSA) is 49.4 Å². The van der Waals surface area contributed by atoms with Crippen molar-refractivity contribution in [1.29, 1.82) is 0 Å². The average Bonchev–Trinajstić information content (AvgIpc) is 3.09. The third-order valence-corrected chi connectivity index (χ3v) is 4.90. The summed E-state index contributed by atoms with van der Waals surface area (Å²) in [6.07, 6.45) is 1.52. The number of nitrogens with one attached hydrogen (secondary N) is 1. The Hall–Kier alpha value is -1.85. The first kappa shape index (κ1) is 18.0. The van der Waals surface area contributed by atoms with Crippen LogP contribution >= 0.6 is 27.5 Å². The highest BCUT2D eigenvalue weighted by Gasteiger charge is 2.34. The second-order valence-corrected chi connectivity index (χ2v) is 7.37. The zero-order valence-corrected chi connectivity index (χ0v) is 15.9. The molecule has 0 aliphatic carbocycles. The van der Waals surface area contributed by atoms with Crippen LogP contribution in [0.3, 0.4) is 0 Å². The van der Waals surface area contributed by atoms with Crippen molar-refractivity contribution in [2.24, 2.45) is 0 Å². The third kappa shape index (κ3) is 4.41. The van der Waals surface area contributed by atoms with E-state index in [-0.39, 0.29) is 11.8 Å². The minimum atomic E-state index is -0.421. The predicted octanol–water partition coefficient (Wildman–Crippen LogP) is 4.02. The van der Waals surface area contributed by atoms with Crippen molar-refractivity contribution in [3.8, 4) is 0 Å². The quantitative estimate of drug-likeness (QED) is 0.810. The standard InChI is InChI=1S/C19H18BrClN2O2/c20-15-9-13(10-16(21)11-15)12-22-18(24)17-7-4-8-23(17)19(25)14-5-2-1-3-6-14/h1-3,5-6,9-11,17H,4,7-8,12H2,(H,22,24)/t17-/m1/s1. The van der Waals surface area contributed by atoms with E-state index in [1.54, 1.807) is 23.1 Å². The van der Waals surface area contributed by atoms with Gasteiger partial charge in [0.25, 0.3) is 5.91 Å². The molecule has 1 aliphatic rings. The molecule has 2 amide bonds. The largest absolute Gasteiger partial charge is 0.350 e. The third-order valence-electron chi connectivity index (χ3n) is 4.23. The van der Waals surface area contributed by atoms with Gasteiger partial charge in [-0.2, -0.15) is 0 Å². The van der Waals surface area contributed by atoms with Crippen molar-refractivity contribution in [2.45, 2.75) is 25.4 Å². The summed E-state index contributed by atoms with van der Waals surface area (Å²) in [7, 11) is 0. The Morgan fingerprint density at radius 2 is 1.96 bits per heavy atom. The van der Waals surface area contributed by atoms with E-state index in [1.807, 2.05) is 30.3 Å². The van der Waals surface area contributed by atoms with Crippen LogP contribution in [0, 0.1) is 0 Å². The van der Waals surface area contributed by atoms with Gasteiger partial charge in [0.1, 0.15) is 6.04 Å². The SMILES string of the molecule is O=C(NCc1cc(Cl)cc(Br)c1)[C@H]1CCCN1C(=O)c1ccccc1. The summed E-state index contributed by atoms with van der Waals surface area (Å²) < 4.78 is 0.867. The zero-order valence-electron chi connectivity index (χ0n) is 13.5. The normalized spacial score (nSPS) is 16.7. The lowest BCUT2D eigenvalue weighted by atomic mass is 10.1. The van der Waals surface area contributed by atoms with Crippen LogP contribution in [0.25, 0.3) is 0 Å². The smallest absolute Gasteiger partial charge is 0.254 e. The number of amides is 2. The number of likely N-dealkylation sites (tertiary alicyclic amines) is 1. The van der Waals surface area contributed by atoms with Crippen molar-refractivity contribution in [2.75, 3.05) is 6.54 Å². The molecule has 6 heteroatoms. The first-order valence-corrected chi connectivity index (χ1v) is 9.30. The van der Waals surface area contributed by atoms with Crippen LogP contribution in [-0.2, 0) is 11.3 Å². The molecule has 0 saturated carbocycles. The van der Waals surface area contributed by atoms with Crippen molar-refractivity contribution in [3.05, 3.63) is 69.2 Å². The van der Waals surface area contributed by atoms with Gasteiger partial charge in [0.05, 0.1) is 0 Å². The molecule has 1 fully saturated rings. The van der Waals surface area contributed by atoms with E-state index in [0.717, 1.165) is 16.5 Å². The van der Waals surface area contributed by atoms with Gasteiger partial charge in [-0.15, -0.1) is 0 Å². The Morgan fingerprint density at radius 3 is 2.68 bits per heavy atom. The molecule has 0 bridgehead atoms. The van der Waals surface area contributed by atoms with Gasteiger partial charge in [0, 0.05) is 28.1 Å². The number of carbonyl (C=O) groups is 2. The lowest BCUT2D eigenvalue weighted by Gasteiger charge is -2.24. The van der Waals surface area contributed by atoms with E-state index in [0.29, 0.717) is 30.1 Å². The van der Waals surface area contributed by atoms with Gasteiger partial charge in [-0.05, 0) is 48.7 Å². The number of hydrogen-bond acceptors (Lipinski definition) is 2. The van der Waals surface area contributed by atoms with Crippen molar-refractivity contribution < 1.29 is 9.59 Å². The van der Waals surface area contributed by atoms with Crippen LogP contribution in [0.1, 0.15) is 28.8 Å². The van der Waals surface area contributed by atoms with Crippen molar-refractivity contribution >= 4 is 39.3 Å². The molecule has 1 aliphatic heterocycles. The Balaban J connectivity index is 1.65. The molecule has 130 valence electrons. The number of benzene rings is 2. The molecule has 2 aromatic carbocycles. The highest BCUT2D eigenvalue weighted by atomic mass is 79.9. The summed E-state index contributed by atoms with van der Waals surface area (Å²) >= 11 is 9.42. The lowest BCUT2D eigenvalue weighted by Crippen LogP contribution is -2.45. The summed E-state index contributed by atoms with van der Waals surface area (Å²) in [5, 5.41) is 3.53. The Morgan fingerprint density at radius 1 is 1.20 bits per heavy atom. The van der Waals surface area contributed by atoms with E-state index in [1.165, 1.54) is 0 Å². The molecule has 0 unspecified atom stereocenters. The van der Waals surface area contributed by atoms with E-state index < -0.39 is 6.04 Å². The monoisotopic (exact) mass is 420 g/mol. The number of halogens is 2. The van der Waals surface area contributed by atoms with Crippen LogP contribution in [0.15, 0.2) is 53.0 Å². The summed E-state index contributed by atoms with van der Waals surface area (Å²) in [6, 6.07) is 14.2. The molecule has 2 aromatic rings. The molecule has 4 nitrogen and oxygen atoms in total. The summed E-state index contributed by atoms with van der Waals surface area (Å²) in [5.74, 6) is -0.221. The molecule has 1 atom stereocenters. The van der Waals surface area contributed by atoms with Crippen LogP contribution in [-0.4, -0.2) is 29.3 Å². The molecule has 0 radical (unpaired) electrons. The van der Waals surface area contributed by atoms with Gasteiger partial charge < -0.3 is 10.2 Å². The minimum absolute atomic E-state index is 0.0937. The fraction of sp³-hybridized carbons (Fsp3) is 0.263. The lowest BCUT2D eigenvalue weighted by molar-refractivity contribution is -0.125. The van der Waals surface area contributed by atoms with Crippen molar-refractivity contribution in [3.63, 3.8) is 0 Å². The first-order chi connectivity index (χ1) is 12.0. The molecule has 1 N–H and O–H groups in total. The van der Waals surface area contributed by atoms with Gasteiger partial charge in [-0.25, -0.2) is 0 Å². The second-order valence-electron chi connectivity index (χ2n) is 6.02. The summed E-state index contributed by atoms with van der Waals surface area (Å²) in [4.78, 5) is 26.9. The number of carbonyl (C=O) groups excluding carboxylic acids is 2. The average molecular weight is 422 g/mol.